The molecule has 0 aromatic rings. The molecule has 0 N–H and O–H groups in total. The zero-order chi connectivity index (χ0) is 17.4. The summed E-state index contributed by atoms with van der Waals surface area (Å²) in [6.45, 7) is 8.36. The molecule has 0 fully saturated rings. The van der Waals surface area contributed by atoms with Gasteiger partial charge in [-0.2, -0.15) is 0 Å². The number of hydrogen-bond donors (Lipinski definition) is 0. The molecule has 0 radical (unpaired) electrons. The molecule has 0 aromatic carbocycles. The molecule has 0 spiro atoms. The van der Waals surface area contributed by atoms with Crippen LogP contribution in [0.25, 0.3) is 0 Å². The summed E-state index contributed by atoms with van der Waals surface area (Å²) >= 11 is 0. The molecular weight excluding hydrogens is 309 g/mol. The number of rotatable bonds is 12. The topological polar surface area (TPSA) is 77.1 Å². The van der Waals surface area contributed by atoms with Crippen LogP contribution in [0.1, 0.15) is 27.7 Å². The Kier molecular flexibility index (Phi) is 9.98. The van der Waals surface area contributed by atoms with Crippen molar-refractivity contribution in [3.8, 4) is 0 Å². The molecule has 1 unspecified atom stereocenters. The van der Waals surface area contributed by atoms with E-state index in [9.17, 15) is 9.46 Å². The molecule has 0 saturated heterocycles. The van der Waals surface area contributed by atoms with Gasteiger partial charge in [0, 0.05) is 0 Å². The Labute approximate surface area is 134 Å². The summed E-state index contributed by atoms with van der Waals surface area (Å²) in [4.78, 5) is 11.7. The summed E-state index contributed by atoms with van der Waals surface area (Å²) < 4.78 is 33.1. The van der Waals surface area contributed by atoms with Crippen molar-refractivity contribution in [2.75, 3.05) is 47.5 Å². The molecule has 0 amide bonds. The first-order chi connectivity index (χ1) is 9.91. The van der Waals surface area contributed by atoms with Crippen LogP contribution >= 0.6 is 7.82 Å². The van der Waals surface area contributed by atoms with E-state index in [1.54, 1.807) is 0 Å². The third kappa shape index (κ3) is 13.6. The lowest BCUT2D eigenvalue weighted by Gasteiger charge is -2.29. The largest absolute Gasteiger partial charge is 0.756 e. The van der Waals surface area contributed by atoms with Crippen molar-refractivity contribution < 1.29 is 32.5 Å². The van der Waals surface area contributed by atoms with Gasteiger partial charge in [0.1, 0.15) is 19.3 Å². The Hall–Kier alpha value is -0.0100. The monoisotopic (exact) mass is 341 g/mol. The average molecular weight is 341 g/mol. The van der Waals surface area contributed by atoms with E-state index in [1.807, 2.05) is 48.8 Å². The Morgan fingerprint density at radius 2 is 1.59 bits per heavy atom. The van der Waals surface area contributed by atoms with Gasteiger partial charge in [-0.05, 0) is 27.7 Å². The van der Waals surface area contributed by atoms with Crippen molar-refractivity contribution in [1.29, 1.82) is 0 Å². The summed E-state index contributed by atoms with van der Waals surface area (Å²) in [5.41, 5.74) is 0. The third-order valence-electron chi connectivity index (χ3n) is 2.51. The van der Waals surface area contributed by atoms with E-state index in [2.05, 4.69) is 0 Å². The smallest absolute Gasteiger partial charge is 0.268 e. The first kappa shape index (κ1) is 22.0. The predicted molar refractivity (Wildman–Crippen MR) is 83.5 cm³/mol. The van der Waals surface area contributed by atoms with E-state index >= 15 is 0 Å². The van der Waals surface area contributed by atoms with Gasteiger partial charge in [0.2, 0.25) is 0 Å². The van der Waals surface area contributed by atoms with Gasteiger partial charge in [0.05, 0.1) is 46.6 Å². The van der Waals surface area contributed by atoms with Crippen LogP contribution in [0.4, 0.5) is 0 Å². The molecular formula is C14H32NO6P. The Morgan fingerprint density at radius 3 is 2.05 bits per heavy atom. The molecule has 8 heteroatoms. The summed E-state index contributed by atoms with van der Waals surface area (Å²) in [5.74, 6) is 0. The van der Waals surface area contributed by atoms with E-state index in [0.29, 0.717) is 11.0 Å². The standard InChI is InChI=1S/C14H32NO6P/c1-12(2)18-10-14(21-13(3)4)11-20-22(16,17)19-9-8-15(5,6)7/h12-14H,8-11H2,1-7H3/t14-/m1/s1. The zero-order valence-corrected chi connectivity index (χ0v) is 15.8. The molecule has 134 valence electrons. The van der Waals surface area contributed by atoms with E-state index in [4.69, 9.17) is 18.5 Å². The SMILES string of the molecule is CC(C)OC[C@H](COP(=O)([O-])OCC[N+](C)(C)C)OC(C)C. The molecule has 0 aromatic heterocycles. The van der Waals surface area contributed by atoms with Crippen molar-refractivity contribution in [2.24, 2.45) is 0 Å². The molecule has 0 saturated carbocycles. The summed E-state index contributed by atoms with van der Waals surface area (Å²) in [5, 5.41) is 0. The number of quaternary nitrogens is 1. The van der Waals surface area contributed by atoms with E-state index in [0.717, 1.165) is 0 Å². The lowest BCUT2D eigenvalue weighted by molar-refractivity contribution is -0.870. The first-order valence-corrected chi connectivity index (χ1v) is 9.05. The van der Waals surface area contributed by atoms with Crippen molar-refractivity contribution in [3.05, 3.63) is 0 Å². The fraction of sp³-hybridized carbons (Fsp3) is 1.00. The second kappa shape index (κ2) is 9.98. The molecule has 0 aliphatic carbocycles. The Morgan fingerprint density at radius 1 is 1.00 bits per heavy atom. The predicted octanol–water partition coefficient (Wildman–Crippen LogP) is 1.41. The van der Waals surface area contributed by atoms with E-state index in [-0.39, 0.29) is 32.0 Å². The van der Waals surface area contributed by atoms with E-state index < -0.39 is 13.9 Å². The lowest BCUT2D eigenvalue weighted by atomic mass is 10.3. The van der Waals surface area contributed by atoms with Crippen molar-refractivity contribution in [1.82, 2.24) is 0 Å². The number of phosphoric ester groups is 1. The fourth-order valence-electron chi connectivity index (χ4n) is 1.45. The highest BCUT2D eigenvalue weighted by molar-refractivity contribution is 7.45. The van der Waals surface area contributed by atoms with Gasteiger partial charge >= 0.3 is 0 Å². The van der Waals surface area contributed by atoms with E-state index in [1.165, 1.54) is 0 Å². The maximum absolute atomic E-state index is 11.7. The molecule has 22 heavy (non-hydrogen) atoms. The number of nitrogens with zero attached hydrogens (tertiary/aromatic N) is 1. The fourth-order valence-corrected chi connectivity index (χ4v) is 2.18. The van der Waals surface area contributed by atoms with Crippen molar-refractivity contribution in [2.45, 2.75) is 46.0 Å². The molecule has 7 nitrogen and oxygen atoms in total. The second-order valence-electron chi connectivity index (χ2n) is 6.78. The highest BCUT2D eigenvalue weighted by atomic mass is 31.2. The first-order valence-electron chi connectivity index (χ1n) is 7.59. The highest BCUT2D eigenvalue weighted by Crippen LogP contribution is 2.38. The van der Waals surface area contributed by atoms with Gasteiger partial charge < -0.3 is 27.9 Å². The zero-order valence-electron chi connectivity index (χ0n) is 14.9. The Balaban J connectivity index is 4.26. The van der Waals surface area contributed by atoms with Crippen LogP contribution in [0, 0.1) is 0 Å². The average Bonchev–Trinajstić information content (AvgIpc) is 2.30. The summed E-state index contributed by atoms with van der Waals surface area (Å²) in [6.07, 6.45) is -0.459. The molecule has 2 atom stereocenters. The minimum atomic E-state index is -4.32. The van der Waals surface area contributed by atoms with Crippen molar-refractivity contribution in [3.63, 3.8) is 0 Å². The quantitative estimate of drug-likeness (QED) is 0.395. The van der Waals surface area contributed by atoms with Crippen LogP contribution in [0.15, 0.2) is 0 Å². The van der Waals surface area contributed by atoms with Gasteiger partial charge in [-0.15, -0.1) is 0 Å². The van der Waals surface area contributed by atoms with Crippen LogP contribution < -0.4 is 4.89 Å². The van der Waals surface area contributed by atoms with Crippen molar-refractivity contribution >= 4 is 7.82 Å². The lowest BCUT2D eigenvalue weighted by Crippen LogP contribution is -2.37. The second-order valence-corrected chi connectivity index (χ2v) is 8.19. The van der Waals surface area contributed by atoms with Crippen LogP contribution in [-0.2, 0) is 23.1 Å². The third-order valence-corrected chi connectivity index (χ3v) is 3.47. The van der Waals surface area contributed by atoms with Gasteiger partial charge in [-0.25, -0.2) is 0 Å². The van der Waals surface area contributed by atoms with Crippen LogP contribution in [0.5, 0.6) is 0 Å². The highest BCUT2D eigenvalue weighted by Gasteiger charge is 2.18. The summed E-state index contributed by atoms with van der Waals surface area (Å²) in [6, 6.07) is 0. The van der Waals surface area contributed by atoms with Crippen LogP contribution in [-0.4, -0.2) is 70.3 Å². The van der Waals surface area contributed by atoms with Gasteiger partial charge in [0.15, 0.2) is 0 Å². The molecule has 0 rings (SSSR count). The maximum Gasteiger partial charge on any atom is 0.268 e. The normalized spacial score (nSPS) is 17.0. The molecule has 0 heterocycles. The number of likely N-dealkylation sites (N-methyl/N-ethyl adjacent to an activating group) is 1. The minimum Gasteiger partial charge on any atom is -0.756 e. The molecule has 0 bridgehead atoms. The number of ether oxygens (including phenoxy) is 2. The van der Waals surface area contributed by atoms with Crippen LogP contribution in [0.3, 0.4) is 0 Å². The van der Waals surface area contributed by atoms with Gasteiger partial charge in [0.25, 0.3) is 7.82 Å². The number of phosphoric acid groups is 1. The summed E-state index contributed by atoms with van der Waals surface area (Å²) in [7, 11) is 1.54. The maximum atomic E-state index is 11.7. The molecule has 0 aliphatic rings. The number of hydrogen-bond acceptors (Lipinski definition) is 6. The van der Waals surface area contributed by atoms with Crippen LogP contribution in [0.2, 0.25) is 0 Å². The van der Waals surface area contributed by atoms with Gasteiger partial charge in [-0.3, -0.25) is 4.57 Å². The van der Waals surface area contributed by atoms with Gasteiger partial charge in [-0.1, -0.05) is 0 Å². The molecule has 0 aliphatic heterocycles. The Bertz CT molecular complexity index is 343. The minimum absolute atomic E-state index is 0.0399.